The fraction of sp³-hybridized carbons (Fsp3) is 0.409. The quantitative estimate of drug-likeness (QED) is 0.710. The number of carbonyl (C=O) groups excluding carboxylic acids is 1. The van der Waals surface area contributed by atoms with Crippen LogP contribution in [0.4, 0.5) is 0 Å². The fourth-order valence-corrected chi connectivity index (χ4v) is 6.62. The van der Waals surface area contributed by atoms with E-state index in [4.69, 9.17) is 9.47 Å². The van der Waals surface area contributed by atoms with E-state index in [9.17, 15) is 13.2 Å². The van der Waals surface area contributed by atoms with Gasteiger partial charge in [-0.1, -0.05) is 24.3 Å². The number of ether oxygens (including phenoxy) is 2. The molecule has 0 radical (unpaired) electrons. The number of fused-ring (bicyclic) bond motifs is 1. The molecule has 2 aliphatic rings. The van der Waals surface area contributed by atoms with Crippen molar-refractivity contribution in [3.8, 4) is 5.75 Å². The molecular weight excluding hydrogens is 436 g/mol. The lowest BCUT2D eigenvalue weighted by molar-refractivity contribution is -0.121. The molecule has 0 saturated carbocycles. The number of morpholine rings is 1. The molecule has 2 aromatic rings. The average Bonchev–Trinajstić information content (AvgIpc) is 2.80. The van der Waals surface area contributed by atoms with Crippen LogP contribution in [-0.4, -0.2) is 57.8 Å². The first-order valence-electron chi connectivity index (χ1n) is 10.2. The lowest BCUT2D eigenvalue weighted by Crippen LogP contribution is -2.40. The van der Waals surface area contributed by atoms with Gasteiger partial charge in [0.1, 0.15) is 10.6 Å². The molecule has 1 fully saturated rings. The van der Waals surface area contributed by atoms with Crippen LogP contribution >= 0.6 is 11.8 Å². The van der Waals surface area contributed by atoms with E-state index in [0.717, 1.165) is 17.7 Å². The number of sulfonamides is 1. The van der Waals surface area contributed by atoms with Crippen molar-refractivity contribution >= 4 is 27.7 Å². The number of benzene rings is 2. The summed E-state index contributed by atoms with van der Waals surface area (Å²) < 4.78 is 38.3. The van der Waals surface area contributed by atoms with E-state index in [1.807, 2.05) is 18.2 Å². The summed E-state index contributed by atoms with van der Waals surface area (Å²) in [6.45, 7) is 1.33. The van der Waals surface area contributed by atoms with E-state index in [2.05, 4.69) is 11.4 Å². The summed E-state index contributed by atoms with van der Waals surface area (Å²) in [7, 11) is -2.29. The minimum absolute atomic E-state index is 0.0280. The Morgan fingerprint density at radius 3 is 2.77 bits per heavy atom. The van der Waals surface area contributed by atoms with Gasteiger partial charge in [-0.3, -0.25) is 4.79 Å². The van der Waals surface area contributed by atoms with Crippen LogP contribution in [0.2, 0.25) is 0 Å². The molecule has 166 valence electrons. The second-order valence-corrected chi connectivity index (χ2v) is 10.5. The Morgan fingerprint density at radius 2 is 2.00 bits per heavy atom. The van der Waals surface area contributed by atoms with E-state index < -0.39 is 10.0 Å². The maximum atomic E-state index is 13.1. The number of methoxy groups -OCH3 is 1. The highest BCUT2D eigenvalue weighted by atomic mass is 32.2. The molecule has 0 spiro atoms. The predicted octanol–water partition coefficient (Wildman–Crippen LogP) is 2.61. The Morgan fingerprint density at radius 1 is 1.23 bits per heavy atom. The van der Waals surface area contributed by atoms with Crippen molar-refractivity contribution in [1.29, 1.82) is 0 Å². The maximum absolute atomic E-state index is 13.1. The Labute approximate surface area is 187 Å². The number of hydrogen-bond donors (Lipinski definition) is 1. The zero-order valence-electron chi connectivity index (χ0n) is 17.4. The zero-order chi connectivity index (χ0) is 21.8. The molecule has 9 heteroatoms. The van der Waals surface area contributed by atoms with Crippen LogP contribution in [0.1, 0.15) is 23.6 Å². The smallest absolute Gasteiger partial charge is 0.246 e. The third kappa shape index (κ3) is 4.90. The van der Waals surface area contributed by atoms with Crippen LogP contribution < -0.4 is 10.1 Å². The number of carbonyl (C=O) groups is 1. The van der Waals surface area contributed by atoms with Crippen molar-refractivity contribution in [2.24, 2.45) is 0 Å². The predicted molar refractivity (Wildman–Crippen MR) is 119 cm³/mol. The highest BCUT2D eigenvalue weighted by Crippen LogP contribution is 2.36. The van der Waals surface area contributed by atoms with Gasteiger partial charge in [0.15, 0.2) is 0 Å². The first kappa shape index (κ1) is 22.1. The second-order valence-electron chi connectivity index (χ2n) is 7.47. The Hall–Kier alpha value is -2.07. The van der Waals surface area contributed by atoms with Gasteiger partial charge < -0.3 is 14.8 Å². The highest BCUT2D eigenvalue weighted by molar-refractivity contribution is 7.99. The van der Waals surface area contributed by atoms with Gasteiger partial charge in [-0.05, 0) is 35.7 Å². The molecule has 31 heavy (non-hydrogen) atoms. The number of nitrogens with zero attached hydrogens (tertiary/aromatic N) is 1. The summed E-state index contributed by atoms with van der Waals surface area (Å²) in [5.74, 6) is 1.09. The number of thioether (sulfide) groups is 1. The molecule has 4 rings (SSSR count). The molecule has 1 N–H and O–H groups in total. The SMILES string of the molecule is COc1ccc(CC(=O)N[C@@H]2CCSc3ccccc32)cc1S(=O)(=O)N1CCOCC1. The van der Waals surface area contributed by atoms with E-state index in [1.165, 1.54) is 16.3 Å². The van der Waals surface area contributed by atoms with Crippen molar-refractivity contribution in [2.45, 2.75) is 28.7 Å². The third-order valence-electron chi connectivity index (χ3n) is 5.47. The minimum Gasteiger partial charge on any atom is -0.495 e. The molecule has 2 heterocycles. The average molecular weight is 463 g/mol. The number of amides is 1. The minimum atomic E-state index is -3.74. The lowest BCUT2D eigenvalue weighted by atomic mass is 10.0. The van der Waals surface area contributed by atoms with E-state index >= 15 is 0 Å². The monoisotopic (exact) mass is 462 g/mol. The Bertz CT molecular complexity index is 1050. The highest BCUT2D eigenvalue weighted by Gasteiger charge is 2.30. The molecule has 1 saturated heterocycles. The van der Waals surface area contributed by atoms with Gasteiger partial charge in [0.2, 0.25) is 15.9 Å². The van der Waals surface area contributed by atoms with Crippen LogP contribution in [0.25, 0.3) is 0 Å². The zero-order valence-corrected chi connectivity index (χ0v) is 19.0. The van der Waals surface area contributed by atoms with Gasteiger partial charge in [0, 0.05) is 23.7 Å². The molecule has 2 aliphatic heterocycles. The number of rotatable bonds is 6. The molecule has 1 atom stereocenters. The summed E-state index contributed by atoms with van der Waals surface area (Å²) >= 11 is 1.80. The van der Waals surface area contributed by atoms with E-state index in [-0.39, 0.29) is 29.0 Å². The van der Waals surface area contributed by atoms with E-state index in [1.54, 1.807) is 30.0 Å². The molecule has 0 aromatic heterocycles. The first-order chi connectivity index (χ1) is 15.0. The van der Waals surface area contributed by atoms with Gasteiger partial charge in [0.05, 0.1) is 32.8 Å². The standard InChI is InChI=1S/C22H26N2O5S2/c1-28-19-7-6-16(14-21(19)31(26,27)24-9-11-29-12-10-24)15-22(25)23-18-8-13-30-20-5-3-2-4-17(18)20/h2-7,14,18H,8-13,15H2,1H3,(H,23,25)/t18-/m1/s1. The van der Waals surface area contributed by atoms with Gasteiger partial charge in [-0.25, -0.2) is 8.42 Å². The summed E-state index contributed by atoms with van der Waals surface area (Å²) in [4.78, 5) is 14.1. The fourth-order valence-electron chi connectivity index (χ4n) is 3.88. The number of hydrogen-bond acceptors (Lipinski definition) is 6. The van der Waals surface area contributed by atoms with Crippen LogP contribution in [0.15, 0.2) is 52.3 Å². The van der Waals surface area contributed by atoms with Crippen molar-refractivity contribution in [2.75, 3.05) is 39.2 Å². The molecule has 0 bridgehead atoms. The Kier molecular flexibility index (Phi) is 6.86. The van der Waals surface area contributed by atoms with Crippen LogP contribution in [-0.2, 0) is 26.0 Å². The largest absolute Gasteiger partial charge is 0.495 e. The first-order valence-corrected chi connectivity index (χ1v) is 12.7. The lowest BCUT2D eigenvalue weighted by Gasteiger charge is -2.27. The third-order valence-corrected chi connectivity index (χ3v) is 8.52. The molecule has 0 aliphatic carbocycles. The topological polar surface area (TPSA) is 84.9 Å². The van der Waals surface area contributed by atoms with Crippen molar-refractivity contribution in [3.05, 3.63) is 53.6 Å². The van der Waals surface area contributed by atoms with Crippen LogP contribution in [0.5, 0.6) is 5.75 Å². The molecule has 7 nitrogen and oxygen atoms in total. The normalized spacial score (nSPS) is 19.5. The summed E-state index contributed by atoms with van der Waals surface area (Å²) in [5, 5.41) is 3.11. The molecular formula is C22H26N2O5S2. The van der Waals surface area contributed by atoms with Crippen LogP contribution in [0.3, 0.4) is 0 Å². The van der Waals surface area contributed by atoms with Gasteiger partial charge >= 0.3 is 0 Å². The molecule has 1 amide bonds. The Balaban J connectivity index is 1.52. The summed E-state index contributed by atoms with van der Waals surface area (Å²) in [6.07, 6.45) is 0.966. The molecule has 0 unspecified atom stereocenters. The second kappa shape index (κ2) is 9.60. The summed E-state index contributed by atoms with van der Waals surface area (Å²) in [5.41, 5.74) is 1.76. The maximum Gasteiger partial charge on any atom is 0.246 e. The molecule has 2 aromatic carbocycles. The van der Waals surface area contributed by atoms with Gasteiger partial charge in [0.25, 0.3) is 0 Å². The van der Waals surface area contributed by atoms with E-state index in [0.29, 0.717) is 31.9 Å². The summed E-state index contributed by atoms with van der Waals surface area (Å²) in [6, 6.07) is 13.0. The van der Waals surface area contributed by atoms with Crippen LogP contribution in [0, 0.1) is 0 Å². The van der Waals surface area contributed by atoms with Gasteiger partial charge in [-0.2, -0.15) is 4.31 Å². The van der Waals surface area contributed by atoms with Gasteiger partial charge in [-0.15, -0.1) is 11.8 Å². The van der Waals surface area contributed by atoms with Crippen molar-refractivity contribution < 1.29 is 22.7 Å². The van der Waals surface area contributed by atoms with Crippen molar-refractivity contribution in [3.63, 3.8) is 0 Å². The van der Waals surface area contributed by atoms with Crippen molar-refractivity contribution in [1.82, 2.24) is 9.62 Å². The number of nitrogens with one attached hydrogen (secondary N) is 1.